The number of hydrogen-bond donors (Lipinski definition) is 1. The van der Waals surface area contributed by atoms with Crippen molar-refractivity contribution in [2.24, 2.45) is 0 Å². The van der Waals surface area contributed by atoms with Crippen molar-refractivity contribution in [3.8, 4) is 11.5 Å². The van der Waals surface area contributed by atoms with Gasteiger partial charge in [0.05, 0.1) is 35.8 Å². The predicted octanol–water partition coefficient (Wildman–Crippen LogP) is 4.81. The Kier molecular flexibility index (Phi) is 6.15. The molecule has 0 amide bonds. The first kappa shape index (κ1) is 22.5. The summed E-state index contributed by atoms with van der Waals surface area (Å²) in [6, 6.07) is 16.0. The number of para-hydroxylation sites is 2. The van der Waals surface area contributed by atoms with Gasteiger partial charge in [0.25, 0.3) is 0 Å². The van der Waals surface area contributed by atoms with Crippen molar-refractivity contribution in [3.63, 3.8) is 0 Å². The van der Waals surface area contributed by atoms with Gasteiger partial charge in [0, 0.05) is 23.9 Å². The maximum atomic E-state index is 13.5. The number of benzene rings is 3. The predicted molar refractivity (Wildman–Crippen MR) is 124 cm³/mol. The van der Waals surface area contributed by atoms with Crippen LogP contribution in [-0.4, -0.2) is 32.6 Å². The van der Waals surface area contributed by atoms with E-state index in [1.165, 1.54) is 26.4 Å². The van der Waals surface area contributed by atoms with Gasteiger partial charge < -0.3 is 14.8 Å². The van der Waals surface area contributed by atoms with E-state index < -0.39 is 21.4 Å². The lowest BCUT2D eigenvalue weighted by Crippen LogP contribution is -2.11. The zero-order chi connectivity index (χ0) is 23.6. The number of ether oxygens (including phenoxy) is 2. The number of hydrogen-bond acceptors (Lipinski definition) is 7. The number of rotatable bonds is 7. The van der Waals surface area contributed by atoms with E-state index in [2.05, 4.69) is 15.3 Å². The SMILES string of the molecule is COc1cc(Nc2nc3ccccc3nc2CS(=O)(=O)c2ccc(F)cc2C)cc(OC)c1. The van der Waals surface area contributed by atoms with Gasteiger partial charge in [-0.05, 0) is 42.8 Å². The smallest absolute Gasteiger partial charge is 0.184 e. The minimum atomic E-state index is -3.83. The maximum Gasteiger partial charge on any atom is 0.184 e. The quantitative estimate of drug-likeness (QED) is 0.390. The van der Waals surface area contributed by atoms with Gasteiger partial charge in [0.2, 0.25) is 0 Å². The molecule has 33 heavy (non-hydrogen) atoms. The molecule has 4 aromatic rings. The van der Waals surface area contributed by atoms with Crippen LogP contribution in [0.25, 0.3) is 11.0 Å². The summed E-state index contributed by atoms with van der Waals surface area (Å²) < 4.78 is 50.6. The van der Waals surface area contributed by atoms with E-state index in [0.717, 1.165) is 6.07 Å². The Morgan fingerprint density at radius 2 is 1.55 bits per heavy atom. The molecular formula is C24H22FN3O4S. The zero-order valence-corrected chi connectivity index (χ0v) is 19.1. The Hall–Kier alpha value is -3.72. The average Bonchev–Trinajstić information content (AvgIpc) is 2.78. The van der Waals surface area contributed by atoms with Gasteiger partial charge in [-0.3, -0.25) is 0 Å². The summed E-state index contributed by atoms with van der Waals surface area (Å²) in [5.41, 5.74) is 2.32. The lowest BCUT2D eigenvalue weighted by Gasteiger charge is -2.14. The molecular weight excluding hydrogens is 445 g/mol. The van der Waals surface area contributed by atoms with Crippen LogP contribution in [0.2, 0.25) is 0 Å². The first-order chi connectivity index (χ1) is 15.8. The molecule has 4 rings (SSSR count). The third kappa shape index (κ3) is 4.88. The van der Waals surface area contributed by atoms with Crippen molar-refractivity contribution in [1.29, 1.82) is 0 Å². The van der Waals surface area contributed by atoms with Crippen molar-refractivity contribution in [2.45, 2.75) is 17.6 Å². The largest absolute Gasteiger partial charge is 0.497 e. The van der Waals surface area contributed by atoms with Gasteiger partial charge in [-0.15, -0.1) is 0 Å². The number of anilines is 2. The third-order valence-electron chi connectivity index (χ3n) is 5.06. The highest BCUT2D eigenvalue weighted by Gasteiger charge is 2.22. The summed E-state index contributed by atoms with van der Waals surface area (Å²) in [5.74, 6) is 0.489. The highest BCUT2D eigenvalue weighted by molar-refractivity contribution is 7.90. The molecule has 0 unspecified atom stereocenters. The molecule has 0 aliphatic carbocycles. The van der Waals surface area contributed by atoms with Crippen LogP contribution < -0.4 is 14.8 Å². The van der Waals surface area contributed by atoms with Gasteiger partial charge in [0.15, 0.2) is 15.7 Å². The van der Waals surface area contributed by atoms with Crippen molar-refractivity contribution in [1.82, 2.24) is 9.97 Å². The number of halogens is 1. The molecule has 7 nitrogen and oxygen atoms in total. The molecule has 0 spiro atoms. The third-order valence-corrected chi connectivity index (χ3v) is 6.84. The van der Waals surface area contributed by atoms with Crippen LogP contribution in [0.3, 0.4) is 0 Å². The molecule has 9 heteroatoms. The normalized spacial score (nSPS) is 11.4. The van der Waals surface area contributed by atoms with E-state index in [0.29, 0.717) is 33.8 Å². The van der Waals surface area contributed by atoms with Crippen LogP contribution >= 0.6 is 0 Å². The molecule has 0 bridgehead atoms. The number of aryl methyl sites for hydroxylation is 1. The standard InChI is InChI=1S/C24H22FN3O4S/c1-15-10-16(25)8-9-23(15)33(29,30)14-22-24(28-21-7-5-4-6-20(21)27-22)26-17-11-18(31-2)13-19(12-17)32-3/h4-13H,14H2,1-3H3,(H,26,28). The number of aromatic nitrogens is 2. The first-order valence-electron chi connectivity index (χ1n) is 10.0. The first-order valence-corrected chi connectivity index (χ1v) is 11.7. The molecule has 1 aromatic heterocycles. The van der Waals surface area contributed by atoms with E-state index in [1.54, 1.807) is 43.3 Å². The topological polar surface area (TPSA) is 90.4 Å². The summed E-state index contributed by atoms with van der Waals surface area (Å²) in [6.07, 6.45) is 0. The van der Waals surface area contributed by atoms with Gasteiger partial charge in [-0.25, -0.2) is 22.8 Å². The Bertz CT molecular complexity index is 1420. The zero-order valence-electron chi connectivity index (χ0n) is 18.3. The van der Waals surface area contributed by atoms with Crippen molar-refractivity contribution < 1.29 is 22.3 Å². The fourth-order valence-corrected chi connectivity index (χ4v) is 5.01. The van der Waals surface area contributed by atoms with Gasteiger partial charge >= 0.3 is 0 Å². The fraction of sp³-hybridized carbons (Fsp3) is 0.167. The second-order valence-electron chi connectivity index (χ2n) is 7.40. The molecule has 1 N–H and O–H groups in total. The summed E-state index contributed by atoms with van der Waals surface area (Å²) in [6.45, 7) is 1.56. The van der Waals surface area contributed by atoms with Crippen molar-refractivity contribution in [2.75, 3.05) is 19.5 Å². The second-order valence-corrected chi connectivity index (χ2v) is 9.36. The van der Waals surface area contributed by atoms with Gasteiger partial charge in [-0.2, -0.15) is 0 Å². The van der Waals surface area contributed by atoms with Crippen LogP contribution in [-0.2, 0) is 15.6 Å². The number of nitrogens with one attached hydrogen (secondary N) is 1. The van der Waals surface area contributed by atoms with E-state index in [1.807, 2.05) is 6.07 Å². The number of methoxy groups -OCH3 is 2. The summed E-state index contributed by atoms with van der Waals surface area (Å²) in [5, 5.41) is 3.15. The van der Waals surface area contributed by atoms with Crippen LogP contribution in [0.5, 0.6) is 11.5 Å². The van der Waals surface area contributed by atoms with E-state index in [4.69, 9.17) is 9.47 Å². The van der Waals surface area contributed by atoms with Crippen LogP contribution in [0.4, 0.5) is 15.9 Å². The van der Waals surface area contributed by atoms with Crippen molar-refractivity contribution >= 4 is 32.4 Å². The molecule has 0 saturated carbocycles. The summed E-state index contributed by atoms with van der Waals surface area (Å²) >= 11 is 0. The Labute approximate surface area is 191 Å². The maximum absolute atomic E-state index is 13.5. The average molecular weight is 468 g/mol. The highest BCUT2D eigenvalue weighted by atomic mass is 32.2. The van der Waals surface area contributed by atoms with Gasteiger partial charge in [0.1, 0.15) is 23.1 Å². The number of sulfone groups is 1. The monoisotopic (exact) mass is 467 g/mol. The lowest BCUT2D eigenvalue weighted by molar-refractivity contribution is 0.395. The molecule has 0 saturated heterocycles. The summed E-state index contributed by atoms with van der Waals surface area (Å²) in [7, 11) is -0.750. The minimum Gasteiger partial charge on any atom is -0.497 e. The van der Waals surface area contributed by atoms with Gasteiger partial charge in [-0.1, -0.05) is 12.1 Å². The van der Waals surface area contributed by atoms with Crippen LogP contribution in [0.1, 0.15) is 11.3 Å². The van der Waals surface area contributed by atoms with E-state index in [-0.39, 0.29) is 16.4 Å². The molecule has 170 valence electrons. The van der Waals surface area contributed by atoms with E-state index >= 15 is 0 Å². The second kappa shape index (κ2) is 9.03. The lowest BCUT2D eigenvalue weighted by atomic mass is 10.2. The van der Waals surface area contributed by atoms with Crippen molar-refractivity contribution in [3.05, 3.63) is 77.7 Å². The molecule has 0 aliphatic heterocycles. The molecule has 0 radical (unpaired) electrons. The molecule has 0 fully saturated rings. The fourth-order valence-electron chi connectivity index (χ4n) is 3.47. The number of nitrogens with zero attached hydrogens (tertiary/aromatic N) is 2. The highest BCUT2D eigenvalue weighted by Crippen LogP contribution is 2.30. The summed E-state index contributed by atoms with van der Waals surface area (Å²) in [4.78, 5) is 9.24. The Balaban J connectivity index is 1.80. The molecule has 3 aromatic carbocycles. The molecule has 0 aliphatic rings. The molecule has 0 atom stereocenters. The van der Waals surface area contributed by atoms with E-state index in [9.17, 15) is 12.8 Å². The Morgan fingerprint density at radius 1 is 0.909 bits per heavy atom. The molecule has 1 heterocycles. The van der Waals surface area contributed by atoms with Crippen LogP contribution in [0, 0.1) is 12.7 Å². The number of fused-ring (bicyclic) bond motifs is 1. The van der Waals surface area contributed by atoms with Crippen LogP contribution in [0.15, 0.2) is 65.6 Å². The Morgan fingerprint density at radius 3 is 2.15 bits per heavy atom. The minimum absolute atomic E-state index is 0.0489.